The van der Waals surface area contributed by atoms with E-state index in [1.807, 2.05) is 0 Å². The van der Waals surface area contributed by atoms with Crippen molar-refractivity contribution in [3.05, 3.63) is 29.0 Å². The quantitative estimate of drug-likeness (QED) is 0.852. The summed E-state index contributed by atoms with van der Waals surface area (Å²) in [5.74, 6) is -0.587. The molecule has 0 bridgehead atoms. The molecule has 1 heterocycles. The fourth-order valence-corrected chi connectivity index (χ4v) is 2.30. The van der Waals surface area contributed by atoms with Gasteiger partial charge in [-0.05, 0) is 31.7 Å². The number of rotatable bonds is 4. The van der Waals surface area contributed by atoms with Crippen molar-refractivity contribution in [1.29, 1.82) is 0 Å². The van der Waals surface area contributed by atoms with Gasteiger partial charge in [-0.2, -0.15) is 13.2 Å². The Morgan fingerprint density at radius 1 is 1.55 bits per heavy atom. The zero-order valence-electron chi connectivity index (χ0n) is 10.8. The Labute approximate surface area is 119 Å². The standard InChI is InChI=1S/C13H14ClF3N2O/c1-8(9-2-3-9)19(7-13(15,16)17)12(20)10-6-18-5-4-11(10)14/h4-6,8-9H,2-3,7H2,1H3. The zero-order chi connectivity index (χ0) is 14.9. The van der Waals surface area contributed by atoms with Crippen LogP contribution < -0.4 is 0 Å². The van der Waals surface area contributed by atoms with Crippen molar-refractivity contribution in [2.24, 2.45) is 5.92 Å². The molecule has 0 radical (unpaired) electrons. The molecule has 1 amide bonds. The maximum absolute atomic E-state index is 12.7. The maximum atomic E-state index is 12.7. The van der Waals surface area contributed by atoms with Crippen LogP contribution in [0.25, 0.3) is 0 Å². The highest BCUT2D eigenvalue weighted by Gasteiger charge is 2.41. The molecule has 20 heavy (non-hydrogen) atoms. The molecular weight excluding hydrogens is 293 g/mol. The van der Waals surface area contributed by atoms with Crippen molar-refractivity contribution < 1.29 is 18.0 Å². The van der Waals surface area contributed by atoms with E-state index in [1.165, 1.54) is 18.5 Å². The van der Waals surface area contributed by atoms with Crippen LogP contribution in [0.5, 0.6) is 0 Å². The molecule has 1 aromatic rings. The Morgan fingerprint density at radius 3 is 2.70 bits per heavy atom. The summed E-state index contributed by atoms with van der Waals surface area (Å²) in [5, 5.41) is 0.111. The maximum Gasteiger partial charge on any atom is 0.406 e. The van der Waals surface area contributed by atoms with E-state index in [-0.39, 0.29) is 16.5 Å². The lowest BCUT2D eigenvalue weighted by Gasteiger charge is -2.30. The second-order valence-corrected chi connectivity index (χ2v) is 5.39. The number of carbonyl (C=O) groups is 1. The van der Waals surface area contributed by atoms with Crippen molar-refractivity contribution in [1.82, 2.24) is 9.88 Å². The number of nitrogens with zero attached hydrogens (tertiary/aromatic N) is 2. The first-order valence-corrected chi connectivity index (χ1v) is 6.64. The van der Waals surface area contributed by atoms with Gasteiger partial charge in [0.1, 0.15) is 6.54 Å². The van der Waals surface area contributed by atoms with E-state index < -0.39 is 24.7 Å². The molecule has 0 aromatic carbocycles. The Hall–Kier alpha value is -1.30. The molecule has 7 heteroatoms. The van der Waals surface area contributed by atoms with Crippen LogP contribution in [0, 0.1) is 5.92 Å². The van der Waals surface area contributed by atoms with Gasteiger partial charge in [0.05, 0.1) is 10.6 Å². The highest BCUT2D eigenvalue weighted by Crippen LogP contribution is 2.37. The molecule has 1 saturated carbocycles. The van der Waals surface area contributed by atoms with Crippen molar-refractivity contribution in [2.45, 2.75) is 32.0 Å². The highest BCUT2D eigenvalue weighted by molar-refractivity contribution is 6.33. The number of alkyl halides is 3. The van der Waals surface area contributed by atoms with Gasteiger partial charge in [0.2, 0.25) is 0 Å². The summed E-state index contributed by atoms with van der Waals surface area (Å²) in [4.78, 5) is 16.9. The average Bonchev–Trinajstić information content (AvgIpc) is 3.18. The molecular formula is C13H14ClF3N2O. The molecule has 0 N–H and O–H groups in total. The highest BCUT2D eigenvalue weighted by atomic mass is 35.5. The first-order chi connectivity index (χ1) is 9.29. The van der Waals surface area contributed by atoms with Gasteiger partial charge in [-0.15, -0.1) is 0 Å². The summed E-state index contributed by atoms with van der Waals surface area (Å²) in [6.07, 6.45) is -0.147. The van der Waals surface area contributed by atoms with E-state index in [9.17, 15) is 18.0 Å². The summed E-state index contributed by atoms with van der Waals surface area (Å²) < 4.78 is 38.1. The number of hydrogen-bond acceptors (Lipinski definition) is 2. The molecule has 1 atom stereocenters. The average molecular weight is 307 g/mol. The molecule has 0 aliphatic heterocycles. The molecule has 1 aliphatic carbocycles. The summed E-state index contributed by atoms with van der Waals surface area (Å²) in [5.41, 5.74) is 0.00548. The predicted octanol–water partition coefficient (Wildman–Crippen LogP) is 3.54. The van der Waals surface area contributed by atoms with Crippen LogP contribution >= 0.6 is 11.6 Å². The molecule has 0 saturated heterocycles. The fraction of sp³-hybridized carbons (Fsp3) is 0.538. The monoisotopic (exact) mass is 306 g/mol. The second-order valence-electron chi connectivity index (χ2n) is 4.98. The van der Waals surface area contributed by atoms with Gasteiger partial charge >= 0.3 is 6.18 Å². The van der Waals surface area contributed by atoms with Crippen LogP contribution in [0.2, 0.25) is 5.02 Å². The first kappa shape index (κ1) is 15.1. The van der Waals surface area contributed by atoms with Crippen LogP contribution in [0.3, 0.4) is 0 Å². The van der Waals surface area contributed by atoms with Gasteiger partial charge in [0, 0.05) is 18.4 Å². The van der Waals surface area contributed by atoms with Crippen LogP contribution in [-0.4, -0.2) is 34.6 Å². The van der Waals surface area contributed by atoms with Gasteiger partial charge in [-0.1, -0.05) is 11.6 Å². The van der Waals surface area contributed by atoms with Gasteiger partial charge in [0.15, 0.2) is 0 Å². The summed E-state index contributed by atoms with van der Waals surface area (Å²) in [6.45, 7) is 0.375. The third-order valence-corrected chi connectivity index (χ3v) is 3.73. The lowest BCUT2D eigenvalue weighted by atomic mass is 10.1. The van der Waals surface area contributed by atoms with Crippen molar-refractivity contribution >= 4 is 17.5 Å². The Kier molecular flexibility index (Phi) is 4.22. The minimum Gasteiger partial charge on any atom is -0.326 e. The molecule has 1 aliphatic rings. The van der Waals surface area contributed by atoms with Crippen LogP contribution in [0.15, 0.2) is 18.5 Å². The number of amides is 1. The summed E-state index contributed by atoms with van der Waals surface area (Å²) in [6, 6.07) is 0.933. The van der Waals surface area contributed by atoms with Crippen molar-refractivity contribution in [2.75, 3.05) is 6.54 Å². The third kappa shape index (κ3) is 3.62. The van der Waals surface area contributed by atoms with E-state index in [0.29, 0.717) is 0 Å². The smallest absolute Gasteiger partial charge is 0.326 e. The minimum atomic E-state index is -4.44. The normalized spacial score (nSPS) is 16.9. The van der Waals surface area contributed by atoms with Crippen LogP contribution in [0.1, 0.15) is 30.1 Å². The number of aromatic nitrogens is 1. The zero-order valence-corrected chi connectivity index (χ0v) is 11.6. The molecule has 1 aromatic heterocycles. The van der Waals surface area contributed by atoms with Gasteiger partial charge < -0.3 is 4.90 Å². The van der Waals surface area contributed by atoms with E-state index in [4.69, 9.17) is 11.6 Å². The number of hydrogen-bond donors (Lipinski definition) is 0. The van der Waals surface area contributed by atoms with E-state index in [0.717, 1.165) is 17.7 Å². The molecule has 110 valence electrons. The topological polar surface area (TPSA) is 33.2 Å². The Balaban J connectivity index is 2.25. The van der Waals surface area contributed by atoms with E-state index >= 15 is 0 Å². The lowest BCUT2D eigenvalue weighted by molar-refractivity contribution is -0.144. The molecule has 1 unspecified atom stereocenters. The second kappa shape index (κ2) is 5.60. The van der Waals surface area contributed by atoms with Crippen molar-refractivity contribution in [3.8, 4) is 0 Å². The number of pyridine rings is 1. The number of carbonyl (C=O) groups excluding carboxylic acids is 1. The minimum absolute atomic E-state index is 0.00548. The van der Waals surface area contributed by atoms with Gasteiger partial charge in [0.25, 0.3) is 5.91 Å². The number of halogens is 4. The van der Waals surface area contributed by atoms with Gasteiger partial charge in [-0.25, -0.2) is 0 Å². The first-order valence-electron chi connectivity index (χ1n) is 6.27. The van der Waals surface area contributed by atoms with Crippen LogP contribution in [0.4, 0.5) is 13.2 Å². The van der Waals surface area contributed by atoms with E-state index in [2.05, 4.69) is 4.98 Å². The molecule has 3 nitrogen and oxygen atoms in total. The third-order valence-electron chi connectivity index (χ3n) is 3.40. The fourth-order valence-electron chi connectivity index (χ4n) is 2.12. The van der Waals surface area contributed by atoms with Crippen LogP contribution in [-0.2, 0) is 0 Å². The Morgan fingerprint density at radius 2 is 2.20 bits per heavy atom. The molecule has 2 rings (SSSR count). The molecule has 0 spiro atoms. The lowest BCUT2D eigenvalue weighted by Crippen LogP contribution is -2.45. The largest absolute Gasteiger partial charge is 0.406 e. The van der Waals surface area contributed by atoms with Crippen molar-refractivity contribution in [3.63, 3.8) is 0 Å². The summed E-state index contributed by atoms with van der Waals surface area (Å²) in [7, 11) is 0. The Bertz CT molecular complexity index is 503. The SMILES string of the molecule is CC(C1CC1)N(CC(F)(F)F)C(=O)c1cnccc1Cl. The van der Waals surface area contributed by atoms with E-state index in [1.54, 1.807) is 6.92 Å². The molecule has 1 fully saturated rings. The summed E-state index contributed by atoms with van der Waals surface area (Å²) >= 11 is 5.87. The van der Waals surface area contributed by atoms with Gasteiger partial charge in [-0.3, -0.25) is 9.78 Å². The predicted molar refractivity (Wildman–Crippen MR) is 68.5 cm³/mol.